The van der Waals surface area contributed by atoms with Gasteiger partial charge in [0, 0.05) is 4.70 Å². The van der Waals surface area contributed by atoms with Gasteiger partial charge in [0.15, 0.2) is 0 Å². The topological polar surface area (TPSA) is 46.2 Å². The first-order valence-corrected chi connectivity index (χ1v) is 5.50. The molecule has 0 aliphatic rings. The molecule has 14 heavy (non-hydrogen) atoms. The highest BCUT2D eigenvalue weighted by Gasteiger charge is 2.09. The minimum atomic E-state index is 0.325. The highest BCUT2D eigenvalue weighted by atomic mass is 32.1. The van der Waals surface area contributed by atoms with E-state index >= 15 is 0 Å². The van der Waals surface area contributed by atoms with Crippen LogP contribution in [-0.4, -0.2) is 11.7 Å². The molecular formula is C11H13NOS. The molecular weight excluding hydrogens is 194 g/mol. The first-order chi connectivity index (χ1) is 6.72. The molecule has 1 unspecified atom stereocenters. The molecule has 74 valence electrons. The second-order valence-electron chi connectivity index (χ2n) is 3.51. The smallest absolute Gasteiger partial charge is 0.117 e. The Balaban J connectivity index is 2.58. The number of nitrogens with two attached hydrogens (primary N) is 1. The lowest BCUT2D eigenvalue weighted by Gasteiger charge is -2.06. The Morgan fingerprint density at radius 2 is 2.29 bits per heavy atom. The number of benzene rings is 1. The molecule has 3 N–H and O–H groups in total. The third-order valence-corrected chi connectivity index (χ3v) is 3.44. The van der Waals surface area contributed by atoms with Gasteiger partial charge in [0.05, 0.1) is 0 Å². The highest BCUT2D eigenvalue weighted by Crippen LogP contribution is 2.32. The molecule has 2 nitrogen and oxygen atoms in total. The molecule has 0 amide bonds. The Morgan fingerprint density at radius 3 is 3.00 bits per heavy atom. The van der Waals surface area contributed by atoms with Crippen LogP contribution in [0.5, 0.6) is 5.75 Å². The third-order valence-electron chi connectivity index (χ3n) is 2.47. The predicted octanol–water partition coefficient (Wildman–Crippen LogP) is 2.67. The Hall–Kier alpha value is -1.06. The van der Waals surface area contributed by atoms with Crippen molar-refractivity contribution < 1.29 is 5.11 Å². The van der Waals surface area contributed by atoms with Gasteiger partial charge < -0.3 is 10.8 Å². The summed E-state index contributed by atoms with van der Waals surface area (Å²) >= 11 is 1.66. The van der Waals surface area contributed by atoms with E-state index in [1.807, 2.05) is 6.07 Å². The van der Waals surface area contributed by atoms with Crippen molar-refractivity contribution in [2.45, 2.75) is 12.8 Å². The zero-order chi connectivity index (χ0) is 10.1. The number of fused-ring (bicyclic) bond motifs is 1. The average molecular weight is 207 g/mol. The van der Waals surface area contributed by atoms with Crippen LogP contribution in [0.2, 0.25) is 0 Å². The van der Waals surface area contributed by atoms with E-state index < -0.39 is 0 Å². The average Bonchev–Trinajstić information content (AvgIpc) is 2.59. The molecule has 0 saturated carbocycles. The fourth-order valence-corrected chi connectivity index (χ4v) is 2.66. The van der Waals surface area contributed by atoms with Crippen molar-refractivity contribution in [2.75, 3.05) is 6.54 Å². The SMILES string of the molecule is CC(CN)c1csc2cc(O)ccc12. The van der Waals surface area contributed by atoms with Crippen LogP contribution in [0.4, 0.5) is 0 Å². The monoisotopic (exact) mass is 207 g/mol. The van der Waals surface area contributed by atoms with E-state index in [0.29, 0.717) is 18.2 Å². The van der Waals surface area contributed by atoms with Gasteiger partial charge in [0.1, 0.15) is 5.75 Å². The molecule has 0 radical (unpaired) electrons. The van der Waals surface area contributed by atoms with Crippen LogP contribution in [-0.2, 0) is 0 Å². The lowest BCUT2D eigenvalue weighted by Crippen LogP contribution is -2.07. The van der Waals surface area contributed by atoms with Crippen LogP contribution in [0.3, 0.4) is 0 Å². The Morgan fingerprint density at radius 1 is 1.50 bits per heavy atom. The molecule has 2 rings (SSSR count). The summed E-state index contributed by atoms with van der Waals surface area (Å²) in [5.41, 5.74) is 6.92. The second-order valence-corrected chi connectivity index (χ2v) is 4.42. The summed E-state index contributed by atoms with van der Waals surface area (Å²) in [5.74, 6) is 0.708. The standard InChI is InChI=1S/C11H13NOS/c1-7(5-12)10-6-14-11-4-8(13)2-3-9(10)11/h2-4,6-7,13H,5,12H2,1H3. The summed E-state index contributed by atoms with van der Waals surface area (Å²) in [6, 6.07) is 5.48. The molecule has 3 heteroatoms. The Kier molecular flexibility index (Phi) is 2.44. The maximum absolute atomic E-state index is 9.32. The fraction of sp³-hybridized carbons (Fsp3) is 0.273. The normalized spacial score (nSPS) is 13.3. The van der Waals surface area contributed by atoms with Gasteiger partial charge in [0.25, 0.3) is 0 Å². The number of rotatable bonds is 2. The zero-order valence-electron chi connectivity index (χ0n) is 8.03. The van der Waals surface area contributed by atoms with Crippen molar-refractivity contribution in [3.8, 4) is 5.75 Å². The molecule has 1 aromatic heterocycles. The van der Waals surface area contributed by atoms with E-state index in [4.69, 9.17) is 5.73 Å². The first-order valence-electron chi connectivity index (χ1n) is 4.62. The van der Waals surface area contributed by atoms with E-state index in [-0.39, 0.29) is 0 Å². The van der Waals surface area contributed by atoms with Crippen LogP contribution in [0.25, 0.3) is 10.1 Å². The van der Waals surface area contributed by atoms with E-state index in [9.17, 15) is 5.11 Å². The fourth-order valence-electron chi connectivity index (χ4n) is 1.55. The van der Waals surface area contributed by atoms with Gasteiger partial charge in [-0.15, -0.1) is 11.3 Å². The molecule has 1 aromatic carbocycles. The second kappa shape index (κ2) is 3.59. The van der Waals surface area contributed by atoms with Gasteiger partial charge in [-0.25, -0.2) is 0 Å². The molecule has 1 heterocycles. The summed E-state index contributed by atoms with van der Waals surface area (Å²) in [5, 5.41) is 12.7. The van der Waals surface area contributed by atoms with Crippen molar-refractivity contribution in [1.29, 1.82) is 0 Å². The largest absolute Gasteiger partial charge is 0.508 e. The minimum absolute atomic E-state index is 0.325. The summed E-state index contributed by atoms with van der Waals surface area (Å²) in [6.07, 6.45) is 0. The molecule has 1 atom stereocenters. The number of aromatic hydroxyl groups is 1. The van der Waals surface area contributed by atoms with Crippen molar-refractivity contribution in [3.63, 3.8) is 0 Å². The molecule has 2 aromatic rings. The van der Waals surface area contributed by atoms with Crippen LogP contribution in [0, 0.1) is 0 Å². The van der Waals surface area contributed by atoms with Gasteiger partial charge in [0.2, 0.25) is 0 Å². The summed E-state index contributed by atoms with van der Waals surface area (Å²) in [6.45, 7) is 2.78. The lowest BCUT2D eigenvalue weighted by atomic mass is 10.0. The minimum Gasteiger partial charge on any atom is -0.508 e. The van der Waals surface area contributed by atoms with E-state index in [1.165, 1.54) is 10.9 Å². The Bertz CT molecular complexity index is 449. The zero-order valence-corrected chi connectivity index (χ0v) is 8.84. The van der Waals surface area contributed by atoms with E-state index in [1.54, 1.807) is 23.5 Å². The number of phenols is 1. The maximum Gasteiger partial charge on any atom is 0.117 e. The summed E-state index contributed by atoms with van der Waals surface area (Å²) in [7, 11) is 0. The van der Waals surface area contributed by atoms with Gasteiger partial charge in [-0.05, 0) is 47.0 Å². The molecule has 0 spiro atoms. The molecule has 0 aliphatic heterocycles. The van der Waals surface area contributed by atoms with Crippen molar-refractivity contribution in [2.24, 2.45) is 5.73 Å². The molecule has 0 aliphatic carbocycles. The van der Waals surface area contributed by atoms with Crippen molar-refractivity contribution in [3.05, 3.63) is 29.1 Å². The van der Waals surface area contributed by atoms with E-state index in [2.05, 4.69) is 12.3 Å². The van der Waals surface area contributed by atoms with Gasteiger partial charge >= 0.3 is 0 Å². The van der Waals surface area contributed by atoms with Crippen molar-refractivity contribution in [1.82, 2.24) is 0 Å². The highest BCUT2D eigenvalue weighted by molar-refractivity contribution is 7.17. The molecule has 0 saturated heterocycles. The molecule has 0 fully saturated rings. The molecule has 0 bridgehead atoms. The van der Waals surface area contributed by atoms with Crippen LogP contribution in [0.15, 0.2) is 23.6 Å². The van der Waals surface area contributed by atoms with Gasteiger partial charge in [-0.1, -0.05) is 6.92 Å². The quantitative estimate of drug-likeness (QED) is 0.795. The van der Waals surface area contributed by atoms with Crippen molar-refractivity contribution >= 4 is 21.4 Å². The number of thiophene rings is 1. The lowest BCUT2D eigenvalue weighted by molar-refractivity contribution is 0.476. The van der Waals surface area contributed by atoms with Gasteiger partial charge in [-0.3, -0.25) is 0 Å². The van der Waals surface area contributed by atoms with Crippen LogP contribution < -0.4 is 5.73 Å². The third kappa shape index (κ3) is 1.49. The van der Waals surface area contributed by atoms with E-state index in [0.717, 1.165) is 4.70 Å². The maximum atomic E-state index is 9.32. The first kappa shape index (κ1) is 9.49. The Labute approximate surface area is 87.0 Å². The van der Waals surface area contributed by atoms with Crippen LogP contribution >= 0.6 is 11.3 Å². The number of hydrogen-bond donors (Lipinski definition) is 2. The summed E-state index contributed by atoms with van der Waals surface area (Å²) in [4.78, 5) is 0. The van der Waals surface area contributed by atoms with Gasteiger partial charge in [-0.2, -0.15) is 0 Å². The number of phenolic OH excluding ortho intramolecular Hbond substituents is 1. The van der Waals surface area contributed by atoms with Crippen LogP contribution in [0.1, 0.15) is 18.4 Å². The predicted molar refractivity (Wildman–Crippen MR) is 61.0 cm³/mol. The summed E-state index contributed by atoms with van der Waals surface area (Å²) < 4.78 is 1.13. The number of hydrogen-bond acceptors (Lipinski definition) is 3.